The van der Waals surface area contributed by atoms with Gasteiger partial charge in [-0.3, -0.25) is 9.88 Å². The van der Waals surface area contributed by atoms with E-state index in [1.54, 1.807) is 0 Å². The van der Waals surface area contributed by atoms with Gasteiger partial charge in [-0.05, 0) is 55.9 Å². The first-order valence-corrected chi connectivity index (χ1v) is 10.7. The molecule has 1 aliphatic carbocycles. The number of ether oxygens (including phenoxy) is 1. The molecule has 4 rings (SSSR count). The maximum atomic E-state index is 10.6. The molecule has 1 N–H and O–H groups in total. The third-order valence-corrected chi connectivity index (χ3v) is 5.74. The molecule has 2 aromatic carbocycles. The van der Waals surface area contributed by atoms with Crippen LogP contribution in [0.15, 0.2) is 73.1 Å². The Hall–Kier alpha value is -3.25. The number of benzene rings is 2. The van der Waals surface area contributed by atoms with Crippen LogP contribution in [0.4, 0.5) is 17.2 Å². The van der Waals surface area contributed by atoms with Gasteiger partial charge in [-0.15, -0.1) is 0 Å². The minimum absolute atomic E-state index is 0.220. The lowest BCUT2D eigenvalue weighted by Crippen LogP contribution is -2.21. The highest BCUT2D eigenvalue weighted by atomic mass is 16.5. The SMILES string of the molecule is O=C(O)COC[C@H]1CC[C@H](c2cncc(N(c3ccccc3)c3ccccc3)n2)CC1. The summed E-state index contributed by atoms with van der Waals surface area (Å²) in [5, 5.41) is 8.72. The van der Waals surface area contributed by atoms with E-state index in [9.17, 15) is 4.79 Å². The smallest absolute Gasteiger partial charge is 0.329 e. The maximum Gasteiger partial charge on any atom is 0.329 e. The molecule has 1 fully saturated rings. The number of aliphatic carboxylic acids is 1. The van der Waals surface area contributed by atoms with Crippen molar-refractivity contribution in [3.63, 3.8) is 0 Å². The van der Waals surface area contributed by atoms with Crippen molar-refractivity contribution in [1.29, 1.82) is 0 Å². The third kappa shape index (κ3) is 5.47. The molecule has 6 heteroatoms. The maximum absolute atomic E-state index is 10.6. The lowest BCUT2D eigenvalue weighted by Gasteiger charge is -2.29. The van der Waals surface area contributed by atoms with Crippen LogP contribution in [0.1, 0.15) is 37.3 Å². The molecule has 31 heavy (non-hydrogen) atoms. The van der Waals surface area contributed by atoms with Gasteiger partial charge in [0.25, 0.3) is 0 Å². The van der Waals surface area contributed by atoms with Gasteiger partial charge in [0.1, 0.15) is 6.61 Å². The molecule has 160 valence electrons. The monoisotopic (exact) mass is 417 g/mol. The van der Waals surface area contributed by atoms with Gasteiger partial charge < -0.3 is 9.84 Å². The Morgan fingerprint density at radius 3 is 2.13 bits per heavy atom. The average molecular weight is 418 g/mol. The number of rotatable bonds is 8. The summed E-state index contributed by atoms with van der Waals surface area (Å²) in [7, 11) is 0. The van der Waals surface area contributed by atoms with Crippen molar-refractivity contribution in [3.05, 3.63) is 78.8 Å². The number of nitrogens with zero attached hydrogens (tertiary/aromatic N) is 3. The second kappa shape index (κ2) is 10.2. The van der Waals surface area contributed by atoms with Crippen LogP contribution in [-0.2, 0) is 9.53 Å². The second-order valence-corrected chi connectivity index (χ2v) is 7.94. The summed E-state index contributed by atoms with van der Waals surface area (Å²) in [6.07, 6.45) is 7.73. The van der Waals surface area contributed by atoms with Crippen molar-refractivity contribution in [2.75, 3.05) is 18.1 Å². The summed E-state index contributed by atoms with van der Waals surface area (Å²) in [6.45, 7) is 0.294. The zero-order chi connectivity index (χ0) is 21.5. The Kier molecular flexibility index (Phi) is 6.89. The molecular weight excluding hydrogens is 390 g/mol. The Bertz CT molecular complexity index is 934. The summed E-state index contributed by atoms with van der Waals surface area (Å²) < 4.78 is 5.29. The van der Waals surface area contributed by atoms with E-state index in [1.807, 2.05) is 48.8 Å². The van der Waals surface area contributed by atoms with E-state index < -0.39 is 5.97 Å². The van der Waals surface area contributed by atoms with Gasteiger partial charge in [-0.2, -0.15) is 0 Å². The van der Waals surface area contributed by atoms with Gasteiger partial charge in [-0.25, -0.2) is 9.78 Å². The minimum atomic E-state index is -0.915. The Morgan fingerprint density at radius 2 is 1.55 bits per heavy atom. The van der Waals surface area contributed by atoms with Crippen molar-refractivity contribution >= 4 is 23.2 Å². The molecule has 0 radical (unpaired) electrons. The van der Waals surface area contributed by atoms with Crippen LogP contribution >= 0.6 is 0 Å². The topological polar surface area (TPSA) is 75.6 Å². The van der Waals surface area contributed by atoms with E-state index in [0.717, 1.165) is 48.6 Å². The lowest BCUT2D eigenvalue weighted by atomic mass is 9.81. The number of para-hydroxylation sites is 2. The minimum Gasteiger partial charge on any atom is -0.480 e. The molecule has 0 spiro atoms. The molecule has 0 aliphatic heterocycles. The highest BCUT2D eigenvalue weighted by Gasteiger charge is 2.25. The van der Waals surface area contributed by atoms with E-state index in [0.29, 0.717) is 18.4 Å². The first-order chi connectivity index (χ1) is 15.2. The van der Waals surface area contributed by atoms with Gasteiger partial charge in [0.15, 0.2) is 5.82 Å². The predicted octanol–water partition coefficient (Wildman–Crippen LogP) is 5.32. The number of hydrogen-bond acceptors (Lipinski definition) is 5. The van der Waals surface area contributed by atoms with Gasteiger partial charge in [0, 0.05) is 23.5 Å². The zero-order valence-corrected chi connectivity index (χ0v) is 17.4. The zero-order valence-electron chi connectivity index (χ0n) is 17.4. The molecule has 0 bridgehead atoms. The number of anilines is 3. The number of aromatic nitrogens is 2. The molecule has 6 nitrogen and oxygen atoms in total. The largest absolute Gasteiger partial charge is 0.480 e. The third-order valence-electron chi connectivity index (χ3n) is 5.74. The average Bonchev–Trinajstić information content (AvgIpc) is 2.81. The van der Waals surface area contributed by atoms with Crippen LogP contribution in [0.3, 0.4) is 0 Å². The molecular formula is C25H27N3O3. The quantitative estimate of drug-likeness (QED) is 0.534. The number of carbonyl (C=O) groups is 1. The molecule has 0 saturated heterocycles. The van der Waals surface area contributed by atoms with Crippen LogP contribution in [0.2, 0.25) is 0 Å². The van der Waals surface area contributed by atoms with Crippen molar-refractivity contribution < 1.29 is 14.6 Å². The van der Waals surface area contributed by atoms with E-state index in [-0.39, 0.29) is 6.61 Å². The standard InChI is InChI=1S/C25H27N3O3/c29-25(30)18-31-17-19-11-13-20(14-12-19)23-15-26-16-24(27-23)28(21-7-3-1-4-8-21)22-9-5-2-6-10-22/h1-10,15-16,19-20H,11-14,17-18H2,(H,29,30)/t19-,20-. The fraction of sp³-hybridized carbons (Fsp3) is 0.320. The summed E-state index contributed by atoms with van der Waals surface area (Å²) in [5.74, 6) is 0.664. The highest BCUT2D eigenvalue weighted by Crippen LogP contribution is 2.37. The van der Waals surface area contributed by atoms with Gasteiger partial charge in [0.2, 0.25) is 0 Å². The van der Waals surface area contributed by atoms with Gasteiger partial charge in [0.05, 0.1) is 18.5 Å². The normalized spacial score (nSPS) is 18.5. The summed E-state index contributed by atoms with van der Waals surface area (Å²) in [5.41, 5.74) is 3.10. The van der Waals surface area contributed by atoms with E-state index in [4.69, 9.17) is 14.8 Å². The van der Waals surface area contributed by atoms with Crippen LogP contribution in [0.5, 0.6) is 0 Å². The first kappa shape index (κ1) is 21.0. The fourth-order valence-corrected chi connectivity index (χ4v) is 4.18. The lowest BCUT2D eigenvalue weighted by molar-refractivity contribution is -0.142. The number of hydrogen-bond donors (Lipinski definition) is 1. The number of carboxylic acid groups (broad SMARTS) is 1. The fourth-order valence-electron chi connectivity index (χ4n) is 4.18. The summed E-state index contributed by atoms with van der Waals surface area (Å²) in [6, 6.07) is 20.4. The van der Waals surface area contributed by atoms with Gasteiger partial charge in [-0.1, -0.05) is 36.4 Å². The number of carboxylic acids is 1. The van der Waals surface area contributed by atoms with Gasteiger partial charge >= 0.3 is 5.97 Å². The first-order valence-electron chi connectivity index (χ1n) is 10.7. The van der Waals surface area contributed by atoms with Crippen LogP contribution in [0.25, 0.3) is 0 Å². The highest BCUT2D eigenvalue weighted by molar-refractivity contribution is 5.73. The molecule has 1 heterocycles. The van der Waals surface area contributed by atoms with Crippen LogP contribution < -0.4 is 4.90 Å². The van der Waals surface area contributed by atoms with E-state index >= 15 is 0 Å². The molecule has 1 saturated carbocycles. The summed E-state index contributed by atoms with van der Waals surface area (Å²) >= 11 is 0. The molecule has 1 aromatic heterocycles. The molecule has 1 aliphatic rings. The molecule has 0 amide bonds. The van der Waals surface area contributed by atoms with Crippen molar-refractivity contribution in [2.45, 2.75) is 31.6 Å². The Balaban J connectivity index is 1.50. The van der Waals surface area contributed by atoms with E-state index in [2.05, 4.69) is 34.1 Å². The molecule has 0 atom stereocenters. The van der Waals surface area contributed by atoms with Crippen molar-refractivity contribution in [2.24, 2.45) is 5.92 Å². The van der Waals surface area contributed by atoms with Crippen molar-refractivity contribution in [1.82, 2.24) is 9.97 Å². The Labute approximate surface area is 182 Å². The predicted molar refractivity (Wildman–Crippen MR) is 120 cm³/mol. The second-order valence-electron chi connectivity index (χ2n) is 7.94. The Morgan fingerprint density at radius 1 is 0.935 bits per heavy atom. The van der Waals surface area contributed by atoms with Crippen molar-refractivity contribution in [3.8, 4) is 0 Å². The molecule has 3 aromatic rings. The van der Waals surface area contributed by atoms with Crippen LogP contribution in [0, 0.1) is 5.92 Å². The van der Waals surface area contributed by atoms with E-state index in [1.165, 1.54) is 0 Å². The molecule has 0 unspecified atom stereocenters. The van der Waals surface area contributed by atoms with Crippen LogP contribution in [-0.4, -0.2) is 34.3 Å². The summed E-state index contributed by atoms with van der Waals surface area (Å²) in [4.78, 5) is 22.3.